The van der Waals surface area contributed by atoms with Gasteiger partial charge in [-0.3, -0.25) is 9.97 Å². The van der Waals surface area contributed by atoms with E-state index in [4.69, 9.17) is 0 Å². The average Bonchev–Trinajstić information content (AvgIpc) is 2.29. The fourth-order valence-corrected chi connectivity index (χ4v) is 2.01. The van der Waals surface area contributed by atoms with E-state index in [9.17, 15) is 5.11 Å². The first-order valence-electron chi connectivity index (χ1n) is 5.52. The lowest BCUT2D eigenvalue weighted by Gasteiger charge is -2.28. The topological polar surface area (TPSA) is 58.0 Å². The van der Waals surface area contributed by atoms with Crippen molar-refractivity contribution in [1.82, 2.24) is 15.3 Å². The van der Waals surface area contributed by atoms with Crippen molar-refractivity contribution in [3.63, 3.8) is 0 Å². The highest BCUT2D eigenvalue weighted by Crippen LogP contribution is 2.18. The molecule has 1 fully saturated rings. The Balaban J connectivity index is 1.82. The molecule has 2 atom stereocenters. The summed E-state index contributed by atoms with van der Waals surface area (Å²) in [6.45, 7) is 0.690. The van der Waals surface area contributed by atoms with E-state index in [0.717, 1.165) is 25.0 Å². The molecule has 1 aliphatic rings. The molecule has 0 spiro atoms. The molecule has 82 valence electrons. The highest BCUT2D eigenvalue weighted by Gasteiger charge is 2.22. The molecule has 0 radical (unpaired) electrons. The minimum Gasteiger partial charge on any atom is -0.392 e. The van der Waals surface area contributed by atoms with Gasteiger partial charge >= 0.3 is 0 Å². The van der Waals surface area contributed by atoms with Crippen LogP contribution >= 0.6 is 0 Å². The Bertz CT molecular complexity index is 291. The number of nitrogens with zero attached hydrogens (tertiary/aromatic N) is 2. The number of rotatable bonds is 3. The van der Waals surface area contributed by atoms with Crippen molar-refractivity contribution in [3.05, 3.63) is 24.3 Å². The summed E-state index contributed by atoms with van der Waals surface area (Å²) in [5.74, 6) is 0. The lowest BCUT2D eigenvalue weighted by molar-refractivity contribution is 0.0901. The first-order chi connectivity index (χ1) is 7.36. The molecule has 0 bridgehead atoms. The zero-order valence-corrected chi connectivity index (χ0v) is 8.76. The van der Waals surface area contributed by atoms with Crippen LogP contribution in [0.3, 0.4) is 0 Å². The molecule has 0 aliphatic heterocycles. The third-order valence-electron chi connectivity index (χ3n) is 2.89. The zero-order valence-electron chi connectivity index (χ0n) is 8.76. The fourth-order valence-electron chi connectivity index (χ4n) is 2.01. The Morgan fingerprint density at radius 2 is 2.20 bits per heavy atom. The van der Waals surface area contributed by atoms with E-state index in [2.05, 4.69) is 15.3 Å². The van der Waals surface area contributed by atoms with Gasteiger partial charge in [-0.25, -0.2) is 0 Å². The van der Waals surface area contributed by atoms with Gasteiger partial charge in [0.05, 0.1) is 11.8 Å². The van der Waals surface area contributed by atoms with Gasteiger partial charge < -0.3 is 10.4 Å². The van der Waals surface area contributed by atoms with Gasteiger partial charge in [0.2, 0.25) is 0 Å². The summed E-state index contributed by atoms with van der Waals surface area (Å²) in [6, 6.07) is 0.223. The third-order valence-corrected chi connectivity index (χ3v) is 2.89. The molecule has 2 rings (SSSR count). The number of nitrogens with one attached hydrogen (secondary N) is 1. The lowest BCUT2D eigenvalue weighted by atomic mass is 9.92. The van der Waals surface area contributed by atoms with Crippen molar-refractivity contribution < 1.29 is 5.11 Å². The summed E-state index contributed by atoms with van der Waals surface area (Å²) >= 11 is 0. The largest absolute Gasteiger partial charge is 0.392 e. The van der Waals surface area contributed by atoms with Crippen LogP contribution in [0.5, 0.6) is 0 Å². The lowest BCUT2D eigenvalue weighted by Crippen LogP contribution is -2.41. The molecule has 0 aromatic carbocycles. The van der Waals surface area contributed by atoms with Crippen molar-refractivity contribution in [2.24, 2.45) is 0 Å². The van der Waals surface area contributed by atoms with Crippen molar-refractivity contribution in [3.8, 4) is 0 Å². The van der Waals surface area contributed by atoms with Gasteiger partial charge in [-0.2, -0.15) is 0 Å². The number of hydrogen-bond acceptors (Lipinski definition) is 4. The number of aromatic nitrogens is 2. The quantitative estimate of drug-likeness (QED) is 0.772. The standard InChI is InChI=1S/C11H17N3O/c15-11-4-2-1-3-10(11)14-8-9-7-12-5-6-13-9/h5-7,10-11,14-15H,1-4,8H2. The summed E-state index contributed by atoms with van der Waals surface area (Å²) in [4.78, 5) is 8.18. The first-order valence-corrected chi connectivity index (χ1v) is 5.52. The molecule has 4 nitrogen and oxygen atoms in total. The van der Waals surface area contributed by atoms with Crippen LogP contribution < -0.4 is 5.32 Å². The van der Waals surface area contributed by atoms with Gasteiger partial charge in [-0.1, -0.05) is 12.8 Å². The molecule has 1 aromatic rings. The molecule has 15 heavy (non-hydrogen) atoms. The fraction of sp³-hybridized carbons (Fsp3) is 0.636. The summed E-state index contributed by atoms with van der Waals surface area (Å²) in [5.41, 5.74) is 0.926. The molecular weight excluding hydrogens is 190 g/mol. The number of aliphatic hydroxyl groups is 1. The molecule has 1 heterocycles. The van der Waals surface area contributed by atoms with Crippen molar-refractivity contribution in [2.45, 2.75) is 44.4 Å². The molecule has 2 N–H and O–H groups in total. The molecule has 0 amide bonds. The predicted molar refractivity (Wildman–Crippen MR) is 57.1 cm³/mol. The highest BCUT2D eigenvalue weighted by molar-refractivity contribution is 4.95. The normalized spacial score (nSPS) is 26.5. The van der Waals surface area contributed by atoms with Crippen molar-refractivity contribution in [2.75, 3.05) is 0 Å². The molecule has 1 aromatic heterocycles. The Morgan fingerprint density at radius 1 is 1.33 bits per heavy atom. The van der Waals surface area contributed by atoms with Crippen LogP contribution in [0.4, 0.5) is 0 Å². The number of aliphatic hydroxyl groups excluding tert-OH is 1. The van der Waals surface area contributed by atoms with E-state index in [-0.39, 0.29) is 12.1 Å². The van der Waals surface area contributed by atoms with E-state index in [1.165, 1.54) is 6.42 Å². The van der Waals surface area contributed by atoms with Gasteiger partial charge in [-0.05, 0) is 12.8 Å². The highest BCUT2D eigenvalue weighted by atomic mass is 16.3. The molecule has 1 aliphatic carbocycles. The molecule has 1 saturated carbocycles. The van der Waals surface area contributed by atoms with Gasteiger partial charge in [0.15, 0.2) is 0 Å². The Morgan fingerprint density at radius 3 is 2.93 bits per heavy atom. The Kier molecular flexibility index (Phi) is 3.64. The average molecular weight is 207 g/mol. The van der Waals surface area contributed by atoms with E-state index >= 15 is 0 Å². The van der Waals surface area contributed by atoms with Crippen LogP contribution in [-0.4, -0.2) is 27.2 Å². The predicted octanol–water partition coefficient (Wildman–Crippen LogP) is 0.870. The number of hydrogen-bond donors (Lipinski definition) is 2. The second-order valence-corrected chi connectivity index (χ2v) is 4.04. The summed E-state index contributed by atoms with van der Waals surface area (Å²) in [7, 11) is 0. The first kappa shape index (κ1) is 10.5. The molecule has 0 saturated heterocycles. The maximum atomic E-state index is 9.75. The van der Waals surface area contributed by atoms with E-state index in [1.54, 1.807) is 18.6 Å². The van der Waals surface area contributed by atoms with E-state index in [1.807, 2.05) is 0 Å². The zero-order chi connectivity index (χ0) is 10.5. The summed E-state index contributed by atoms with van der Waals surface area (Å²) < 4.78 is 0. The van der Waals surface area contributed by atoms with Crippen LogP contribution in [-0.2, 0) is 6.54 Å². The van der Waals surface area contributed by atoms with Crippen LogP contribution in [0.2, 0.25) is 0 Å². The maximum Gasteiger partial charge on any atom is 0.0724 e. The van der Waals surface area contributed by atoms with E-state index < -0.39 is 0 Å². The van der Waals surface area contributed by atoms with Crippen LogP contribution in [0.1, 0.15) is 31.4 Å². The van der Waals surface area contributed by atoms with Crippen LogP contribution in [0.25, 0.3) is 0 Å². The van der Waals surface area contributed by atoms with Gasteiger partial charge in [-0.15, -0.1) is 0 Å². The Labute approximate surface area is 89.8 Å². The minimum atomic E-state index is -0.199. The molecular formula is C11H17N3O. The second kappa shape index (κ2) is 5.19. The SMILES string of the molecule is OC1CCCCC1NCc1cnccn1. The van der Waals surface area contributed by atoms with Crippen molar-refractivity contribution in [1.29, 1.82) is 0 Å². The monoisotopic (exact) mass is 207 g/mol. The smallest absolute Gasteiger partial charge is 0.0724 e. The summed E-state index contributed by atoms with van der Waals surface area (Å²) in [6.07, 6.45) is 9.23. The van der Waals surface area contributed by atoms with Crippen molar-refractivity contribution >= 4 is 0 Å². The third kappa shape index (κ3) is 2.97. The Hall–Kier alpha value is -1.00. The van der Waals surface area contributed by atoms with Crippen LogP contribution in [0.15, 0.2) is 18.6 Å². The van der Waals surface area contributed by atoms with Gasteiger partial charge in [0, 0.05) is 31.2 Å². The minimum absolute atomic E-state index is 0.199. The summed E-state index contributed by atoms with van der Waals surface area (Å²) in [5, 5.41) is 13.1. The maximum absolute atomic E-state index is 9.75. The second-order valence-electron chi connectivity index (χ2n) is 4.04. The van der Waals surface area contributed by atoms with Crippen LogP contribution in [0, 0.1) is 0 Å². The van der Waals surface area contributed by atoms with Gasteiger partial charge in [0.1, 0.15) is 0 Å². The van der Waals surface area contributed by atoms with E-state index in [0.29, 0.717) is 6.54 Å². The molecule has 2 unspecified atom stereocenters. The van der Waals surface area contributed by atoms with Gasteiger partial charge in [0.25, 0.3) is 0 Å². The molecule has 4 heteroatoms.